The minimum Gasteiger partial charge on any atom is -0.494 e. The zero-order valence-corrected chi connectivity index (χ0v) is 11.4. The number of aromatic nitrogens is 2. The molecule has 1 N–H and O–H groups in total. The van der Waals surface area contributed by atoms with E-state index in [0.717, 1.165) is 35.6 Å². The van der Waals surface area contributed by atoms with Crippen LogP contribution < -0.4 is 4.74 Å². The second kappa shape index (κ2) is 5.78. The summed E-state index contributed by atoms with van der Waals surface area (Å²) in [5.41, 5.74) is 3.09. The predicted octanol–water partition coefficient (Wildman–Crippen LogP) is 3.90. The van der Waals surface area contributed by atoms with Crippen LogP contribution in [-0.4, -0.2) is 16.6 Å². The lowest BCUT2D eigenvalue weighted by molar-refractivity contribution is 0.317. The number of ether oxygens (including phenoxy) is 1. The van der Waals surface area contributed by atoms with Gasteiger partial charge in [0.15, 0.2) is 0 Å². The highest BCUT2D eigenvalue weighted by atomic mass is 32.1. The molecule has 0 aliphatic heterocycles. The number of nitrogens with zero attached hydrogens (tertiary/aromatic N) is 1. The molecule has 0 unspecified atom stereocenters. The third kappa shape index (κ3) is 2.76. The molecule has 0 fully saturated rings. The van der Waals surface area contributed by atoms with Gasteiger partial charge in [0.1, 0.15) is 10.4 Å². The molecule has 0 aliphatic carbocycles. The number of hydrogen-bond acceptors (Lipinski definition) is 3. The molecule has 0 saturated carbocycles. The van der Waals surface area contributed by atoms with Crippen LogP contribution in [0.25, 0.3) is 11.3 Å². The number of hydrogen-bond donors (Lipinski definition) is 1. The quantitative estimate of drug-likeness (QED) is 0.847. The standard InChI is InChI=1S/C14H16N2OS/c1-3-8-17-12-6-4-11(5-7-12)13-10(2)14(18)16-9-15-13/h4-7,9H,3,8H2,1-2H3,(H,15,16,18). The number of nitrogens with one attached hydrogen (secondary N) is 1. The maximum Gasteiger partial charge on any atom is 0.132 e. The first-order valence-corrected chi connectivity index (χ1v) is 6.40. The molecule has 1 heterocycles. The highest BCUT2D eigenvalue weighted by Crippen LogP contribution is 2.23. The average Bonchev–Trinajstić information content (AvgIpc) is 2.40. The number of aromatic amines is 1. The molecular formula is C14H16N2OS. The predicted molar refractivity (Wildman–Crippen MR) is 75.4 cm³/mol. The van der Waals surface area contributed by atoms with Crippen LogP contribution in [0.15, 0.2) is 30.6 Å². The lowest BCUT2D eigenvalue weighted by Gasteiger charge is -2.08. The van der Waals surface area contributed by atoms with Gasteiger partial charge in [0, 0.05) is 5.56 Å². The van der Waals surface area contributed by atoms with Gasteiger partial charge in [0.2, 0.25) is 0 Å². The zero-order valence-electron chi connectivity index (χ0n) is 10.6. The van der Waals surface area contributed by atoms with Crippen LogP contribution in [0.5, 0.6) is 5.75 Å². The van der Waals surface area contributed by atoms with Gasteiger partial charge in [-0.15, -0.1) is 0 Å². The highest BCUT2D eigenvalue weighted by molar-refractivity contribution is 7.71. The van der Waals surface area contributed by atoms with Gasteiger partial charge in [0.05, 0.1) is 18.6 Å². The molecule has 1 aromatic carbocycles. The summed E-state index contributed by atoms with van der Waals surface area (Å²) in [5.74, 6) is 0.894. The van der Waals surface area contributed by atoms with E-state index in [9.17, 15) is 0 Å². The minimum absolute atomic E-state index is 0.634. The van der Waals surface area contributed by atoms with Crippen LogP contribution in [0, 0.1) is 11.6 Å². The first-order valence-electron chi connectivity index (χ1n) is 6.00. The number of rotatable bonds is 4. The Labute approximate surface area is 112 Å². The van der Waals surface area contributed by atoms with E-state index in [1.807, 2.05) is 31.2 Å². The summed E-state index contributed by atoms with van der Waals surface area (Å²) in [7, 11) is 0. The van der Waals surface area contributed by atoms with Crippen molar-refractivity contribution >= 4 is 12.2 Å². The average molecular weight is 260 g/mol. The van der Waals surface area contributed by atoms with Gasteiger partial charge in [-0.05, 0) is 43.2 Å². The second-order valence-electron chi connectivity index (χ2n) is 4.08. The monoisotopic (exact) mass is 260 g/mol. The Bertz CT molecular complexity index is 575. The molecule has 1 aromatic heterocycles. The SMILES string of the molecule is CCCOc1ccc(-c2[nH]cnc(=S)c2C)cc1. The van der Waals surface area contributed by atoms with Crippen molar-refractivity contribution in [2.75, 3.05) is 6.61 Å². The summed E-state index contributed by atoms with van der Waals surface area (Å²) >= 11 is 5.17. The topological polar surface area (TPSA) is 37.9 Å². The van der Waals surface area contributed by atoms with E-state index in [-0.39, 0.29) is 0 Å². The highest BCUT2D eigenvalue weighted by Gasteiger charge is 2.04. The Morgan fingerprint density at radius 3 is 2.67 bits per heavy atom. The molecule has 0 amide bonds. The van der Waals surface area contributed by atoms with Gasteiger partial charge in [-0.1, -0.05) is 19.1 Å². The van der Waals surface area contributed by atoms with Crippen molar-refractivity contribution < 1.29 is 4.74 Å². The van der Waals surface area contributed by atoms with Crippen molar-refractivity contribution in [3.8, 4) is 17.0 Å². The van der Waals surface area contributed by atoms with Gasteiger partial charge in [0.25, 0.3) is 0 Å². The van der Waals surface area contributed by atoms with E-state index >= 15 is 0 Å². The van der Waals surface area contributed by atoms with Gasteiger partial charge in [-0.25, -0.2) is 4.98 Å². The summed E-state index contributed by atoms with van der Waals surface area (Å²) in [6.07, 6.45) is 2.64. The Hall–Kier alpha value is -1.68. The largest absolute Gasteiger partial charge is 0.494 e. The molecule has 0 atom stereocenters. The van der Waals surface area contributed by atoms with E-state index in [1.165, 1.54) is 0 Å². The summed E-state index contributed by atoms with van der Waals surface area (Å²) in [6, 6.07) is 8.00. The zero-order chi connectivity index (χ0) is 13.0. The van der Waals surface area contributed by atoms with Crippen molar-refractivity contribution in [1.29, 1.82) is 0 Å². The third-order valence-electron chi connectivity index (χ3n) is 2.70. The van der Waals surface area contributed by atoms with Crippen LogP contribution in [0.2, 0.25) is 0 Å². The fourth-order valence-electron chi connectivity index (χ4n) is 1.71. The van der Waals surface area contributed by atoms with Crippen LogP contribution in [0.4, 0.5) is 0 Å². The van der Waals surface area contributed by atoms with Crippen LogP contribution >= 0.6 is 12.2 Å². The lowest BCUT2D eigenvalue weighted by atomic mass is 10.1. The maximum absolute atomic E-state index is 5.56. The summed E-state index contributed by atoms with van der Waals surface area (Å²) in [5, 5.41) is 0. The van der Waals surface area contributed by atoms with Crippen LogP contribution in [0.1, 0.15) is 18.9 Å². The Balaban J connectivity index is 2.29. The molecule has 0 aliphatic rings. The molecule has 18 heavy (non-hydrogen) atoms. The summed E-state index contributed by atoms with van der Waals surface area (Å²) in [4.78, 5) is 7.20. The lowest BCUT2D eigenvalue weighted by Crippen LogP contribution is -1.95. The van der Waals surface area contributed by atoms with Crippen molar-refractivity contribution in [1.82, 2.24) is 9.97 Å². The molecule has 94 valence electrons. The van der Waals surface area contributed by atoms with Gasteiger partial charge in [-0.2, -0.15) is 0 Å². The second-order valence-corrected chi connectivity index (χ2v) is 4.47. The van der Waals surface area contributed by atoms with E-state index in [1.54, 1.807) is 6.33 Å². The maximum atomic E-state index is 5.56. The fourth-order valence-corrected chi connectivity index (χ4v) is 1.86. The van der Waals surface area contributed by atoms with E-state index in [2.05, 4.69) is 16.9 Å². The van der Waals surface area contributed by atoms with E-state index in [0.29, 0.717) is 4.64 Å². The Morgan fingerprint density at radius 1 is 1.28 bits per heavy atom. The normalized spacial score (nSPS) is 10.3. The molecule has 2 rings (SSSR count). The molecule has 0 bridgehead atoms. The molecule has 0 radical (unpaired) electrons. The van der Waals surface area contributed by atoms with Gasteiger partial charge in [-0.3, -0.25) is 0 Å². The van der Waals surface area contributed by atoms with Gasteiger partial charge < -0.3 is 9.72 Å². The van der Waals surface area contributed by atoms with Crippen molar-refractivity contribution in [3.05, 3.63) is 40.8 Å². The number of benzene rings is 1. The van der Waals surface area contributed by atoms with E-state index in [4.69, 9.17) is 17.0 Å². The smallest absolute Gasteiger partial charge is 0.132 e. The molecule has 3 nitrogen and oxygen atoms in total. The molecule has 0 spiro atoms. The van der Waals surface area contributed by atoms with E-state index < -0.39 is 0 Å². The first-order chi connectivity index (χ1) is 8.72. The number of H-pyrrole nitrogens is 1. The van der Waals surface area contributed by atoms with Crippen molar-refractivity contribution in [3.63, 3.8) is 0 Å². The summed E-state index contributed by atoms with van der Waals surface area (Å²) in [6.45, 7) is 4.81. The van der Waals surface area contributed by atoms with Crippen LogP contribution in [-0.2, 0) is 0 Å². The Morgan fingerprint density at radius 2 is 2.00 bits per heavy atom. The first kappa shape index (κ1) is 12.8. The minimum atomic E-state index is 0.634. The third-order valence-corrected chi connectivity index (χ3v) is 3.11. The molecule has 0 saturated heterocycles. The fraction of sp³-hybridized carbons (Fsp3) is 0.286. The van der Waals surface area contributed by atoms with Crippen molar-refractivity contribution in [2.45, 2.75) is 20.3 Å². The van der Waals surface area contributed by atoms with Gasteiger partial charge >= 0.3 is 0 Å². The molecule has 4 heteroatoms. The van der Waals surface area contributed by atoms with Crippen molar-refractivity contribution in [2.24, 2.45) is 0 Å². The summed E-state index contributed by atoms with van der Waals surface area (Å²) < 4.78 is 6.19. The molecule has 2 aromatic rings. The molecular weight excluding hydrogens is 244 g/mol. The Kier molecular flexibility index (Phi) is 4.10. The van der Waals surface area contributed by atoms with Crippen LogP contribution in [0.3, 0.4) is 0 Å².